The first-order valence-electron chi connectivity index (χ1n) is 5.93. The van der Waals surface area contributed by atoms with Crippen molar-refractivity contribution in [1.82, 2.24) is 24.6 Å². The van der Waals surface area contributed by atoms with Crippen molar-refractivity contribution in [1.29, 1.82) is 0 Å². The fraction of sp³-hybridized carbons (Fsp3) is 0.167. The van der Waals surface area contributed by atoms with E-state index in [0.717, 1.165) is 15.7 Å². The molecule has 6 nitrogen and oxygen atoms in total. The molecule has 0 aliphatic heterocycles. The van der Waals surface area contributed by atoms with Crippen LogP contribution in [-0.4, -0.2) is 24.6 Å². The largest absolute Gasteiger partial charge is 0.350 e. The fourth-order valence-corrected chi connectivity index (χ4v) is 2.38. The van der Waals surface area contributed by atoms with E-state index in [1.54, 1.807) is 10.7 Å². The molecule has 2 N–H and O–H groups in total. The Morgan fingerprint density at radius 1 is 1.45 bits per heavy atom. The van der Waals surface area contributed by atoms with Crippen LogP contribution >= 0.6 is 28.1 Å². The third kappa shape index (κ3) is 2.44. The van der Waals surface area contributed by atoms with Gasteiger partial charge < -0.3 is 5.32 Å². The van der Waals surface area contributed by atoms with E-state index in [4.69, 9.17) is 12.2 Å². The number of rotatable bonds is 3. The number of fused-ring (bicyclic) bond motifs is 1. The van der Waals surface area contributed by atoms with E-state index in [2.05, 4.69) is 41.3 Å². The number of anilines is 1. The van der Waals surface area contributed by atoms with Crippen LogP contribution in [0.1, 0.15) is 11.4 Å². The SMILES string of the molecule is Cc1nc(NCc2cccnc2)n2[nH]c(=S)c(Br)c2n1. The van der Waals surface area contributed by atoms with Gasteiger partial charge in [0, 0.05) is 18.9 Å². The summed E-state index contributed by atoms with van der Waals surface area (Å²) in [6.07, 6.45) is 3.56. The minimum Gasteiger partial charge on any atom is -0.350 e. The molecule has 3 aromatic rings. The summed E-state index contributed by atoms with van der Waals surface area (Å²) in [4.78, 5) is 12.8. The molecule has 0 aromatic carbocycles. The minimum atomic E-state index is 0.592. The third-order valence-corrected chi connectivity index (χ3v) is 4.05. The van der Waals surface area contributed by atoms with Gasteiger partial charge >= 0.3 is 0 Å². The molecule has 0 atom stereocenters. The van der Waals surface area contributed by atoms with E-state index < -0.39 is 0 Å². The summed E-state index contributed by atoms with van der Waals surface area (Å²) in [7, 11) is 0. The number of aromatic amines is 1. The van der Waals surface area contributed by atoms with Crippen LogP contribution in [0.5, 0.6) is 0 Å². The summed E-state index contributed by atoms with van der Waals surface area (Å²) in [6, 6.07) is 3.90. The van der Waals surface area contributed by atoms with Crippen molar-refractivity contribution >= 4 is 39.7 Å². The zero-order chi connectivity index (χ0) is 14.1. The molecular formula is C12H11BrN6S. The molecule has 3 aromatic heterocycles. The summed E-state index contributed by atoms with van der Waals surface area (Å²) in [5.74, 6) is 1.33. The molecule has 0 aliphatic carbocycles. The minimum absolute atomic E-state index is 0.592. The van der Waals surface area contributed by atoms with E-state index >= 15 is 0 Å². The van der Waals surface area contributed by atoms with Crippen molar-refractivity contribution in [2.45, 2.75) is 13.5 Å². The standard InChI is InChI=1S/C12H11BrN6S/c1-7-16-10-9(13)11(20)18-19(10)12(17-7)15-6-8-3-2-4-14-5-8/h2-5H,6H2,1H3,(H,18,20)(H,15,16,17). The van der Waals surface area contributed by atoms with Crippen LogP contribution < -0.4 is 5.32 Å². The maximum absolute atomic E-state index is 5.21. The first-order chi connectivity index (χ1) is 9.65. The molecule has 0 unspecified atom stereocenters. The number of halogens is 1. The Kier molecular flexibility index (Phi) is 3.49. The van der Waals surface area contributed by atoms with Gasteiger partial charge in [-0.25, -0.2) is 9.50 Å². The van der Waals surface area contributed by atoms with Crippen molar-refractivity contribution in [2.24, 2.45) is 0 Å². The highest BCUT2D eigenvalue weighted by molar-refractivity contribution is 9.10. The lowest BCUT2D eigenvalue weighted by Gasteiger charge is -2.08. The molecule has 102 valence electrons. The molecule has 0 amide bonds. The zero-order valence-electron chi connectivity index (χ0n) is 10.6. The van der Waals surface area contributed by atoms with Gasteiger partial charge in [-0.1, -0.05) is 18.3 Å². The number of H-pyrrole nitrogens is 1. The number of pyridine rings is 1. The predicted octanol–water partition coefficient (Wildman–Crippen LogP) is 2.86. The van der Waals surface area contributed by atoms with Gasteiger partial charge in [-0.3, -0.25) is 10.1 Å². The Bertz CT molecular complexity index is 810. The summed E-state index contributed by atoms with van der Waals surface area (Å²) >= 11 is 8.64. The molecule has 20 heavy (non-hydrogen) atoms. The smallest absolute Gasteiger partial charge is 0.226 e. The zero-order valence-corrected chi connectivity index (χ0v) is 13.0. The molecule has 0 bridgehead atoms. The van der Waals surface area contributed by atoms with Crippen LogP contribution in [0.3, 0.4) is 0 Å². The van der Waals surface area contributed by atoms with Crippen LogP contribution in [0.15, 0.2) is 29.0 Å². The van der Waals surface area contributed by atoms with Gasteiger partial charge in [-0.2, -0.15) is 4.98 Å². The number of nitrogens with one attached hydrogen (secondary N) is 2. The van der Waals surface area contributed by atoms with Crippen LogP contribution in [0.4, 0.5) is 5.95 Å². The second-order valence-electron chi connectivity index (χ2n) is 4.22. The van der Waals surface area contributed by atoms with Crippen molar-refractivity contribution in [3.05, 3.63) is 45.0 Å². The lowest BCUT2D eigenvalue weighted by molar-refractivity contribution is 0.857. The van der Waals surface area contributed by atoms with E-state index in [0.29, 0.717) is 23.0 Å². The topological polar surface area (TPSA) is 70.9 Å². The van der Waals surface area contributed by atoms with Crippen LogP contribution in [0, 0.1) is 11.6 Å². The summed E-state index contributed by atoms with van der Waals surface area (Å²) in [5.41, 5.74) is 1.79. The average Bonchev–Trinajstić information content (AvgIpc) is 2.74. The highest BCUT2D eigenvalue weighted by Crippen LogP contribution is 2.20. The van der Waals surface area contributed by atoms with Crippen molar-refractivity contribution < 1.29 is 0 Å². The number of aryl methyl sites for hydroxylation is 1. The Morgan fingerprint density at radius 2 is 2.30 bits per heavy atom. The van der Waals surface area contributed by atoms with E-state index in [9.17, 15) is 0 Å². The fourth-order valence-electron chi connectivity index (χ4n) is 1.84. The summed E-state index contributed by atoms with van der Waals surface area (Å²) in [5, 5.41) is 6.30. The van der Waals surface area contributed by atoms with Gasteiger partial charge in [0.2, 0.25) is 5.95 Å². The number of hydrogen-bond donors (Lipinski definition) is 2. The van der Waals surface area contributed by atoms with Gasteiger partial charge in [-0.05, 0) is 34.5 Å². The second kappa shape index (κ2) is 5.29. The van der Waals surface area contributed by atoms with Gasteiger partial charge in [0.15, 0.2) is 5.65 Å². The highest BCUT2D eigenvalue weighted by atomic mass is 79.9. The van der Waals surface area contributed by atoms with E-state index in [1.165, 1.54) is 0 Å². The Balaban J connectivity index is 1.99. The summed E-state index contributed by atoms with van der Waals surface area (Å²) in [6.45, 7) is 2.47. The molecule has 3 heterocycles. The maximum Gasteiger partial charge on any atom is 0.226 e. The van der Waals surface area contributed by atoms with Gasteiger partial charge in [-0.15, -0.1) is 0 Å². The number of hydrogen-bond acceptors (Lipinski definition) is 5. The lowest BCUT2D eigenvalue weighted by Crippen LogP contribution is -2.09. The second-order valence-corrected chi connectivity index (χ2v) is 5.42. The Hall–Kier alpha value is -1.80. The molecular weight excluding hydrogens is 340 g/mol. The Labute approximate surface area is 128 Å². The molecule has 0 radical (unpaired) electrons. The van der Waals surface area contributed by atoms with Crippen LogP contribution in [-0.2, 0) is 6.54 Å². The van der Waals surface area contributed by atoms with Gasteiger partial charge in [0.05, 0.1) is 4.47 Å². The first-order valence-corrected chi connectivity index (χ1v) is 7.13. The lowest BCUT2D eigenvalue weighted by atomic mass is 10.3. The molecule has 0 spiro atoms. The summed E-state index contributed by atoms with van der Waals surface area (Å²) < 4.78 is 3.09. The number of nitrogens with zero attached hydrogens (tertiary/aromatic N) is 4. The first kappa shape index (κ1) is 13.2. The van der Waals surface area contributed by atoms with E-state index in [1.807, 2.05) is 25.3 Å². The quantitative estimate of drug-likeness (QED) is 0.710. The van der Waals surface area contributed by atoms with Gasteiger partial charge in [0.25, 0.3) is 0 Å². The van der Waals surface area contributed by atoms with Crippen molar-refractivity contribution in [3.8, 4) is 0 Å². The average molecular weight is 351 g/mol. The molecule has 8 heteroatoms. The van der Waals surface area contributed by atoms with Crippen molar-refractivity contribution in [2.75, 3.05) is 5.32 Å². The maximum atomic E-state index is 5.21. The number of aromatic nitrogens is 5. The molecule has 0 fully saturated rings. The van der Waals surface area contributed by atoms with E-state index in [-0.39, 0.29) is 0 Å². The normalized spacial score (nSPS) is 10.9. The Morgan fingerprint density at radius 3 is 3.05 bits per heavy atom. The molecule has 3 rings (SSSR count). The van der Waals surface area contributed by atoms with Crippen LogP contribution in [0.2, 0.25) is 0 Å². The monoisotopic (exact) mass is 350 g/mol. The van der Waals surface area contributed by atoms with Crippen molar-refractivity contribution in [3.63, 3.8) is 0 Å². The van der Waals surface area contributed by atoms with Gasteiger partial charge in [0.1, 0.15) is 10.5 Å². The third-order valence-electron chi connectivity index (χ3n) is 2.74. The predicted molar refractivity (Wildman–Crippen MR) is 82.2 cm³/mol. The van der Waals surface area contributed by atoms with Crippen LogP contribution in [0.25, 0.3) is 5.65 Å². The molecule has 0 aliphatic rings. The highest BCUT2D eigenvalue weighted by Gasteiger charge is 2.10. The molecule has 0 saturated heterocycles. The molecule has 0 saturated carbocycles.